The summed E-state index contributed by atoms with van der Waals surface area (Å²) in [7, 11) is -6.09. The number of hydrogen-bond acceptors (Lipinski definition) is 3. The molecule has 1 unspecified atom stereocenters. The third-order valence-electron chi connectivity index (χ3n) is 5.22. The summed E-state index contributed by atoms with van der Waals surface area (Å²) in [6, 6.07) is 23.8. The van der Waals surface area contributed by atoms with Crippen LogP contribution in [0.1, 0.15) is 36.9 Å². The molecule has 1 aromatic heterocycles. The fourth-order valence-corrected chi connectivity index (χ4v) is 3.70. The number of hydrogen-bond donors (Lipinski definition) is 0. The molecule has 1 heterocycles. The van der Waals surface area contributed by atoms with Gasteiger partial charge in [-0.05, 0) is 42.5 Å². The molecular formula is C23H22F3NO3S. The quantitative estimate of drug-likeness (QED) is 0.392. The molecule has 4 nitrogen and oxygen atoms in total. The number of H-pyrrole nitrogens is 1. The van der Waals surface area contributed by atoms with E-state index in [-0.39, 0.29) is 0 Å². The van der Waals surface area contributed by atoms with Gasteiger partial charge in [0, 0.05) is 23.1 Å². The summed E-state index contributed by atoms with van der Waals surface area (Å²) < 4.78 is 58.9. The average Bonchev–Trinajstić information content (AvgIpc) is 2.74. The predicted octanol–water partition coefficient (Wildman–Crippen LogP) is 5.33. The zero-order valence-electron chi connectivity index (χ0n) is 16.8. The fraction of sp³-hybridized carbons (Fsp3) is 0.261. The Bertz CT molecular complexity index is 1130. The highest BCUT2D eigenvalue weighted by Crippen LogP contribution is 2.36. The second-order valence-electron chi connectivity index (χ2n) is 7.41. The Hall–Kier alpha value is -2.71. The molecule has 3 aromatic rings. The highest BCUT2D eigenvalue weighted by atomic mass is 32.2. The third kappa shape index (κ3) is 5.51. The van der Waals surface area contributed by atoms with Crippen LogP contribution in [0.25, 0.3) is 22.4 Å². The number of alkyl halides is 3. The predicted molar refractivity (Wildman–Crippen MR) is 111 cm³/mol. The SMILES string of the molecule is CC1CCCc2c(-c3ccccc3)cc(-c3ccccc3)[nH+]c21.O=S(=O)([O-])C(F)(F)F. The molecule has 4 rings (SSSR count). The van der Waals surface area contributed by atoms with Crippen molar-refractivity contribution in [2.45, 2.75) is 37.6 Å². The smallest absolute Gasteiger partial charge is 0.485 e. The van der Waals surface area contributed by atoms with E-state index in [0.29, 0.717) is 5.92 Å². The van der Waals surface area contributed by atoms with E-state index >= 15 is 0 Å². The number of halogens is 3. The third-order valence-corrected chi connectivity index (χ3v) is 5.78. The lowest BCUT2D eigenvalue weighted by Crippen LogP contribution is -2.23. The van der Waals surface area contributed by atoms with Crippen molar-refractivity contribution in [1.29, 1.82) is 0 Å². The maximum absolute atomic E-state index is 10.7. The fourth-order valence-electron chi connectivity index (χ4n) is 3.70. The van der Waals surface area contributed by atoms with E-state index in [1.54, 1.807) is 0 Å². The van der Waals surface area contributed by atoms with E-state index in [1.807, 2.05) is 0 Å². The van der Waals surface area contributed by atoms with Crippen LogP contribution in [0.15, 0.2) is 66.7 Å². The molecule has 164 valence electrons. The summed E-state index contributed by atoms with van der Waals surface area (Å²) in [6.07, 6.45) is 3.73. The van der Waals surface area contributed by atoms with Crippen molar-refractivity contribution < 1.29 is 31.1 Å². The molecule has 1 aliphatic carbocycles. The van der Waals surface area contributed by atoms with E-state index in [2.05, 4.69) is 78.6 Å². The van der Waals surface area contributed by atoms with Crippen molar-refractivity contribution in [3.63, 3.8) is 0 Å². The lowest BCUT2D eigenvalue weighted by Gasteiger charge is -2.20. The Morgan fingerprint density at radius 2 is 1.48 bits per heavy atom. The van der Waals surface area contributed by atoms with Crippen molar-refractivity contribution in [2.75, 3.05) is 0 Å². The second-order valence-corrected chi connectivity index (χ2v) is 8.79. The van der Waals surface area contributed by atoms with Crippen molar-refractivity contribution in [1.82, 2.24) is 0 Å². The lowest BCUT2D eigenvalue weighted by atomic mass is 9.83. The van der Waals surface area contributed by atoms with E-state index in [1.165, 1.54) is 52.9 Å². The van der Waals surface area contributed by atoms with Crippen LogP contribution < -0.4 is 4.98 Å². The first-order chi connectivity index (χ1) is 14.6. The normalized spacial score (nSPS) is 16.1. The van der Waals surface area contributed by atoms with Crippen LogP contribution in [0.2, 0.25) is 0 Å². The second kappa shape index (κ2) is 9.20. The molecule has 2 aromatic carbocycles. The van der Waals surface area contributed by atoms with E-state index < -0.39 is 15.6 Å². The summed E-state index contributed by atoms with van der Waals surface area (Å²) in [6.45, 7) is 2.35. The van der Waals surface area contributed by atoms with Crippen LogP contribution in [-0.4, -0.2) is 18.5 Å². The van der Waals surface area contributed by atoms with Gasteiger partial charge in [0.2, 0.25) is 5.69 Å². The topological polar surface area (TPSA) is 71.3 Å². The van der Waals surface area contributed by atoms with Gasteiger partial charge < -0.3 is 4.55 Å². The largest absolute Gasteiger partial charge is 0.741 e. The minimum atomic E-state index is -6.09. The number of rotatable bonds is 2. The molecule has 0 saturated heterocycles. The van der Waals surface area contributed by atoms with Crippen LogP contribution in [0.5, 0.6) is 0 Å². The first-order valence-corrected chi connectivity index (χ1v) is 11.2. The molecule has 0 saturated carbocycles. The van der Waals surface area contributed by atoms with E-state index in [0.717, 1.165) is 0 Å². The number of nitrogens with one attached hydrogen (secondary N) is 1. The first kappa shape index (κ1) is 23.0. The van der Waals surface area contributed by atoms with Gasteiger partial charge in [0.05, 0.1) is 0 Å². The Balaban J connectivity index is 0.000000293. The van der Waals surface area contributed by atoms with Crippen molar-refractivity contribution in [3.8, 4) is 22.4 Å². The average molecular weight is 449 g/mol. The monoisotopic (exact) mass is 449 g/mol. The Morgan fingerprint density at radius 3 is 2.00 bits per heavy atom. The zero-order chi connectivity index (χ0) is 22.6. The van der Waals surface area contributed by atoms with Gasteiger partial charge in [-0.3, -0.25) is 0 Å². The van der Waals surface area contributed by atoms with Crippen LogP contribution in [0.3, 0.4) is 0 Å². The van der Waals surface area contributed by atoms with Crippen LogP contribution in [0.4, 0.5) is 13.2 Å². The van der Waals surface area contributed by atoms with Crippen LogP contribution in [0, 0.1) is 0 Å². The Labute approximate surface area is 179 Å². The zero-order valence-corrected chi connectivity index (χ0v) is 17.6. The summed E-state index contributed by atoms with van der Waals surface area (Å²) in [4.78, 5) is 3.74. The number of aromatic amines is 1. The molecule has 0 amide bonds. The minimum absolute atomic E-state index is 0.602. The van der Waals surface area contributed by atoms with Gasteiger partial charge in [-0.1, -0.05) is 55.5 Å². The summed E-state index contributed by atoms with van der Waals surface area (Å²) >= 11 is 0. The van der Waals surface area contributed by atoms with Crippen LogP contribution in [-0.2, 0) is 16.5 Å². The van der Waals surface area contributed by atoms with Crippen LogP contribution >= 0.6 is 0 Å². The number of fused-ring (bicyclic) bond motifs is 1. The molecule has 0 fully saturated rings. The molecule has 8 heteroatoms. The molecule has 0 radical (unpaired) electrons. The summed E-state index contributed by atoms with van der Waals surface area (Å²) in [5, 5.41) is 0. The molecule has 0 bridgehead atoms. The maximum Gasteiger partial charge on any atom is 0.485 e. The molecule has 0 spiro atoms. The van der Waals surface area contributed by atoms with Crippen molar-refractivity contribution in [2.24, 2.45) is 0 Å². The molecule has 1 N–H and O–H groups in total. The van der Waals surface area contributed by atoms with Crippen molar-refractivity contribution in [3.05, 3.63) is 78.0 Å². The van der Waals surface area contributed by atoms with Gasteiger partial charge in [-0.25, -0.2) is 13.4 Å². The van der Waals surface area contributed by atoms with Gasteiger partial charge in [0.25, 0.3) is 0 Å². The molecule has 0 aliphatic heterocycles. The van der Waals surface area contributed by atoms with Gasteiger partial charge in [-0.2, -0.15) is 13.2 Å². The Morgan fingerprint density at radius 1 is 0.968 bits per heavy atom. The van der Waals surface area contributed by atoms with Gasteiger partial charge in [0.1, 0.15) is 0 Å². The maximum atomic E-state index is 10.7. The van der Waals surface area contributed by atoms with E-state index in [9.17, 15) is 13.2 Å². The standard InChI is InChI=1S/C22H21N.CHF3O3S/c1-16-9-8-14-19-20(17-10-4-2-5-11-17)15-21(23-22(16)19)18-12-6-3-7-13-18;2-1(3,4)8(5,6)7/h2-7,10-13,15-16H,8-9,14H2,1H3;(H,5,6,7). The highest BCUT2D eigenvalue weighted by molar-refractivity contribution is 7.86. The molecule has 1 atom stereocenters. The Kier molecular flexibility index (Phi) is 6.81. The summed E-state index contributed by atoms with van der Waals surface area (Å²) in [5.41, 5.74) is 2.48. The first-order valence-electron chi connectivity index (χ1n) is 9.80. The highest BCUT2D eigenvalue weighted by Gasteiger charge is 2.37. The van der Waals surface area contributed by atoms with E-state index in [4.69, 9.17) is 13.0 Å². The molecule has 1 aliphatic rings. The van der Waals surface area contributed by atoms with Gasteiger partial charge in [0.15, 0.2) is 15.8 Å². The van der Waals surface area contributed by atoms with Crippen molar-refractivity contribution >= 4 is 10.1 Å². The summed E-state index contributed by atoms with van der Waals surface area (Å²) in [5.74, 6) is 0.602. The lowest BCUT2D eigenvalue weighted by molar-refractivity contribution is -0.381. The molecule has 31 heavy (non-hydrogen) atoms. The van der Waals surface area contributed by atoms with Gasteiger partial charge in [-0.15, -0.1) is 0 Å². The number of pyridine rings is 1. The van der Waals surface area contributed by atoms with Gasteiger partial charge >= 0.3 is 5.51 Å². The number of benzene rings is 2. The number of aromatic nitrogens is 1. The molecular weight excluding hydrogens is 427 g/mol. The minimum Gasteiger partial charge on any atom is -0.741 e.